The highest BCUT2D eigenvalue weighted by Crippen LogP contribution is 2.35. The van der Waals surface area contributed by atoms with E-state index in [0.29, 0.717) is 48.2 Å². The van der Waals surface area contributed by atoms with Gasteiger partial charge in [-0.25, -0.2) is 9.98 Å². The third-order valence-electron chi connectivity index (χ3n) is 7.34. The lowest BCUT2D eigenvalue weighted by atomic mass is 9.90. The molecular weight excluding hydrogens is 503 g/mol. The van der Waals surface area contributed by atoms with Crippen molar-refractivity contribution >= 4 is 40.3 Å². The van der Waals surface area contributed by atoms with Crippen LogP contribution in [0.3, 0.4) is 0 Å². The zero-order valence-electron chi connectivity index (χ0n) is 21.4. The number of allylic oxidation sites excluding steroid dienone is 1. The smallest absolute Gasteiger partial charge is 0.351 e. The molecule has 1 unspecified atom stereocenters. The van der Waals surface area contributed by atoms with Crippen LogP contribution >= 0.6 is 11.8 Å². The molecule has 0 bridgehead atoms. The second-order valence-electron chi connectivity index (χ2n) is 9.78. The van der Waals surface area contributed by atoms with Gasteiger partial charge < -0.3 is 9.88 Å². The van der Waals surface area contributed by atoms with Gasteiger partial charge >= 0.3 is 6.18 Å². The minimum Gasteiger partial charge on any atom is -0.351 e. The molecule has 0 radical (unpaired) electrons. The second kappa shape index (κ2) is 11.0. The highest BCUT2D eigenvalue weighted by atomic mass is 32.2. The van der Waals surface area contributed by atoms with Gasteiger partial charge in [-0.2, -0.15) is 13.2 Å². The molecule has 7 nitrogen and oxygen atoms in total. The number of hydrogen-bond acceptors (Lipinski definition) is 5. The quantitative estimate of drug-likeness (QED) is 0.553. The summed E-state index contributed by atoms with van der Waals surface area (Å²) in [6.45, 7) is 5.72. The summed E-state index contributed by atoms with van der Waals surface area (Å²) in [4.78, 5) is 36.9. The molecule has 0 aliphatic carbocycles. The molecule has 2 aromatic heterocycles. The van der Waals surface area contributed by atoms with Gasteiger partial charge in [0, 0.05) is 40.5 Å². The number of halogens is 3. The summed E-state index contributed by atoms with van der Waals surface area (Å²) >= 11 is 1.47. The van der Waals surface area contributed by atoms with Gasteiger partial charge in [0.2, 0.25) is 0 Å². The molecule has 1 saturated heterocycles. The van der Waals surface area contributed by atoms with Gasteiger partial charge in [-0.1, -0.05) is 0 Å². The van der Waals surface area contributed by atoms with Crippen LogP contribution in [0, 0.1) is 18.8 Å². The van der Waals surface area contributed by atoms with Crippen molar-refractivity contribution in [2.24, 2.45) is 16.8 Å². The Morgan fingerprint density at radius 3 is 2.62 bits per heavy atom. The summed E-state index contributed by atoms with van der Waals surface area (Å²) in [5.41, 5.74) is 2.58. The second-order valence-corrected chi connectivity index (χ2v) is 10.7. The fourth-order valence-corrected chi connectivity index (χ4v) is 6.24. The van der Waals surface area contributed by atoms with Crippen LogP contribution in [-0.4, -0.2) is 70.6 Å². The molecular formula is C26H32F3N5O2S. The first-order valence-corrected chi connectivity index (χ1v) is 13.6. The molecule has 1 fully saturated rings. The molecule has 0 spiro atoms. The summed E-state index contributed by atoms with van der Waals surface area (Å²) in [5.74, 6) is -0.917. The van der Waals surface area contributed by atoms with E-state index in [1.165, 1.54) is 16.7 Å². The predicted octanol–water partition coefficient (Wildman–Crippen LogP) is 4.77. The minimum atomic E-state index is -4.20. The number of nitrogens with one attached hydrogen (secondary N) is 1. The maximum absolute atomic E-state index is 13.4. The Morgan fingerprint density at radius 2 is 1.97 bits per heavy atom. The molecule has 11 heteroatoms. The monoisotopic (exact) mass is 535 g/mol. The van der Waals surface area contributed by atoms with Gasteiger partial charge in [0.15, 0.2) is 0 Å². The zero-order chi connectivity index (χ0) is 26.9. The van der Waals surface area contributed by atoms with Gasteiger partial charge in [0.1, 0.15) is 5.65 Å². The van der Waals surface area contributed by atoms with Crippen molar-refractivity contribution in [2.75, 3.05) is 32.4 Å². The number of fused-ring (bicyclic) bond motifs is 1. The highest BCUT2D eigenvalue weighted by molar-refractivity contribution is 8.02. The summed E-state index contributed by atoms with van der Waals surface area (Å²) in [7, 11) is 0. The number of carbonyl (C=O) groups excluding carboxylic acids is 2. The van der Waals surface area contributed by atoms with Crippen molar-refractivity contribution in [3.05, 3.63) is 40.6 Å². The number of hydrogen-bond donors (Lipinski definition) is 1. The number of dihydropyridines is 1. The van der Waals surface area contributed by atoms with E-state index in [-0.39, 0.29) is 30.3 Å². The average molecular weight is 536 g/mol. The first-order valence-electron chi connectivity index (χ1n) is 12.4. The first kappa shape index (κ1) is 27.4. The number of amides is 2. The van der Waals surface area contributed by atoms with Crippen LogP contribution in [0.15, 0.2) is 34.3 Å². The number of alkyl halides is 3. The summed E-state index contributed by atoms with van der Waals surface area (Å²) in [6.07, 6.45) is 2.51. The first-order chi connectivity index (χ1) is 17.5. The number of piperidine rings is 1. The van der Waals surface area contributed by atoms with Crippen molar-refractivity contribution in [1.29, 1.82) is 0 Å². The maximum atomic E-state index is 13.4. The van der Waals surface area contributed by atoms with Gasteiger partial charge in [0.05, 0.1) is 18.0 Å². The van der Waals surface area contributed by atoms with E-state index < -0.39 is 18.6 Å². The lowest BCUT2D eigenvalue weighted by Gasteiger charge is -2.36. The van der Waals surface area contributed by atoms with E-state index in [2.05, 4.69) is 15.3 Å². The fourth-order valence-electron chi connectivity index (χ4n) is 5.49. The van der Waals surface area contributed by atoms with Gasteiger partial charge in [0.25, 0.3) is 11.8 Å². The SMILES string of the molecule is CSC1=CC(C)=NC(=O)C1CNC(=O)c1c(C)n([C@H](C)C2CCN(CC(F)(F)F)CC2)c2ncccc12. The maximum Gasteiger partial charge on any atom is 0.401 e. The Balaban J connectivity index is 1.54. The molecule has 200 valence electrons. The number of likely N-dealkylation sites (tertiary alicyclic amines) is 1. The number of thioether (sulfide) groups is 1. The van der Waals surface area contributed by atoms with Gasteiger partial charge in [-0.05, 0) is 77.1 Å². The molecule has 2 atom stereocenters. The van der Waals surface area contributed by atoms with Crippen molar-refractivity contribution < 1.29 is 22.8 Å². The van der Waals surface area contributed by atoms with E-state index in [1.807, 2.05) is 36.8 Å². The molecule has 4 rings (SSSR count). The van der Waals surface area contributed by atoms with Crippen molar-refractivity contribution in [2.45, 2.75) is 45.8 Å². The largest absolute Gasteiger partial charge is 0.401 e. The number of pyridine rings is 1. The summed E-state index contributed by atoms with van der Waals surface area (Å²) in [6, 6.07) is 3.58. The van der Waals surface area contributed by atoms with E-state index in [0.717, 1.165) is 10.6 Å². The minimum absolute atomic E-state index is 0.0461. The Bertz CT molecular complexity index is 1240. The van der Waals surface area contributed by atoms with Gasteiger partial charge in [-0.15, -0.1) is 11.8 Å². The van der Waals surface area contributed by atoms with E-state index in [4.69, 9.17) is 0 Å². The number of rotatable bonds is 7. The Kier molecular flexibility index (Phi) is 8.13. The van der Waals surface area contributed by atoms with Crippen LogP contribution in [0.5, 0.6) is 0 Å². The summed E-state index contributed by atoms with van der Waals surface area (Å²) < 4.78 is 40.5. The van der Waals surface area contributed by atoms with E-state index >= 15 is 0 Å². The lowest BCUT2D eigenvalue weighted by Crippen LogP contribution is -2.41. The number of carbonyl (C=O) groups is 2. The third-order valence-corrected chi connectivity index (χ3v) is 8.21. The molecule has 1 N–H and O–H groups in total. The van der Waals surface area contributed by atoms with Crippen LogP contribution in [-0.2, 0) is 4.79 Å². The van der Waals surface area contributed by atoms with Crippen molar-refractivity contribution in [3.8, 4) is 0 Å². The van der Waals surface area contributed by atoms with Crippen LogP contribution in [0.4, 0.5) is 13.2 Å². The van der Waals surface area contributed by atoms with Crippen molar-refractivity contribution in [1.82, 2.24) is 19.8 Å². The average Bonchev–Trinajstić information content (AvgIpc) is 3.13. The third kappa shape index (κ3) is 5.93. The van der Waals surface area contributed by atoms with Crippen LogP contribution in [0.25, 0.3) is 11.0 Å². The standard InChI is InChI=1S/C26H32F3N5O2S/c1-15-12-21(37-4)20(24(35)32-15)13-31-25(36)22-17(3)34(23-19(22)6-5-9-30-23)16(2)18-7-10-33(11-8-18)14-26(27,28)29/h5-6,9,12,16,18,20H,7-8,10-11,13-14H2,1-4H3,(H,31,36)/t16-,20?/m1/s1. The Labute approximate surface area is 218 Å². The van der Waals surface area contributed by atoms with Crippen LogP contribution in [0.1, 0.15) is 48.8 Å². The highest BCUT2D eigenvalue weighted by Gasteiger charge is 2.35. The molecule has 2 amide bonds. The zero-order valence-corrected chi connectivity index (χ0v) is 22.2. The summed E-state index contributed by atoms with van der Waals surface area (Å²) in [5, 5.41) is 3.64. The molecule has 0 aromatic carbocycles. The number of aromatic nitrogens is 2. The van der Waals surface area contributed by atoms with Gasteiger partial charge in [-0.3, -0.25) is 14.5 Å². The predicted molar refractivity (Wildman–Crippen MR) is 140 cm³/mol. The molecule has 2 aromatic rings. The fraction of sp³-hybridized carbons (Fsp3) is 0.538. The Morgan fingerprint density at radius 1 is 1.27 bits per heavy atom. The van der Waals surface area contributed by atoms with Crippen LogP contribution in [0.2, 0.25) is 0 Å². The number of aliphatic imine (C=N–C) groups is 1. The van der Waals surface area contributed by atoms with Crippen LogP contribution < -0.4 is 5.32 Å². The molecule has 2 aliphatic heterocycles. The topological polar surface area (TPSA) is 79.6 Å². The number of nitrogens with zero attached hydrogens (tertiary/aromatic N) is 4. The van der Waals surface area contributed by atoms with Crippen molar-refractivity contribution in [3.63, 3.8) is 0 Å². The molecule has 4 heterocycles. The molecule has 37 heavy (non-hydrogen) atoms. The normalized spacial score (nSPS) is 20.6. The Hall–Kier alpha value is -2.66. The van der Waals surface area contributed by atoms with E-state index in [1.54, 1.807) is 19.2 Å². The molecule has 0 saturated carbocycles. The van der Waals surface area contributed by atoms with E-state index in [9.17, 15) is 22.8 Å². The molecule has 2 aliphatic rings. The lowest BCUT2D eigenvalue weighted by molar-refractivity contribution is -0.149.